The van der Waals surface area contributed by atoms with Crippen molar-refractivity contribution in [3.8, 4) is 5.00 Å². The zero-order valence-corrected chi connectivity index (χ0v) is 16.9. The molecule has 0 aromatic carbocycles. The molecule has 3 rings (SSSR count). The van der Waals surface area contributed by atoms with Crippen LogP contribution in [0.25, 0.3) is 15.2 Å². The van der Waals surface area contributed by atoms with Crippen LogP contribution >= 0.6 is 11.3 Å². The maximum absolute atomic E-state index is 13.2. The molecule has 0 saturated heterocycles. The Balaban J connectivity index is 2.23. The minimum atomic E-state index is -1.47. The normalized spacial score (nSPS) is 12.5. The molecular formula is C18H22N4O4S. The lowest BCUT2D eigenvalue weighted by Gasteiger charge is -2.29. The summed E-state index contributed by atoms with van der Waals surface area (Å²) in [6.45, 7) is 9.99. The van der Waals surface area contributed by atoms with Crippen LogP contribution in [-0.2, 0) is 15.1 Å². The number of fused-ring (bicyclic) bond motifs is 1. The van der Waals surface area contributed by atoms with E-state index in [0.717, 1.165) is 9.57 Å². The molecule has 0 radical (unpaired) electrons. The number of aromatic amines is 1. The fourth-order valence-corrected chi connectivity index (χ4v) is 3.94. The summed E-state index contributed by atoms with van der Waals surface area (Å²) in [4.78, 5) is 41.7. The first kappa shape index (κ1) is 19.1. The minimum absolute atomic E-state index is 0.363. The number of ether oxygens (including phenoxy) is 1. The van der Waals surface area contributed by atoms with Gasteiger partial charge in [-0.25, -0.2) is 18.8 Å². The largest absolute Gasteiger partial charge is 0.458 e. The van der Waals surface area contributed by atoms with Crippen LogP contribution in [0, 0.1) is 6.92 Å². The highest BCUT2D eigenvalue weighted by Gasteiger charge is 2.37. The Morgan fingerprint density at radius 3 is 2.44 bits per heavy atom. The van der Waals surface area contributed by atoms with Gasteiger partial charge in [-0.2, -0.15) is 5.10 Å². The van der Waals surface area contributed by atoms with Crippen molar-refractivity contribution in [3.63, 3.8) is 0 Å². The van der Waals surface area contributed by atoms with Crippen LogP contribution in [0.5, 0.6) is 0 Å². The molecule has 3 aromatic rings. The summed E-state index contributed by atoms with van der Waals surface area (Å²) < 4.78 is 7.98. The zero-order chi connectivity index (χ0) is 20.1. The number of H-pyrrole nitrogens is 1. The van der Waals surface area contributed by atoms with Crippen molar-refractivity contribution in [2.45, 2.75) is 52.7 Å². The van der Waals surface area contributed by atoms with E-state index in [2.05, 4.69) is 10.1 Å². The summed E-state index contributed by atoms with van der Waals surface area (Å²) in [6, 6.07) is 1.77. The van der Waals surface area contributed by atoms with Crippen LogP contribution in [0.3, 0.4) is 0 Å². The van der Waals surface area contributed by atoms with Gasteiger partial charge in [-0.3, -0.25) is 9.78 Å². The number of carbonyl (C=O) groups excluding carboxylic acids is 1. The lowest BCUT2D eigenvalue weighted by Crippen LogP contribution is -2.52. The number of hydrogen-bond acceptors (Lipinski definition) is 6. The van der Waals surface area contributed by atoms with E-state index in [0.29, 0.717) is 15.8 Å². The molecule has 0 spiro atoms. The third kappa shape index (κ3) is 3.23. The average Bonchev–Trinajstić information content (AvgIpc) is 3.13. The minimum Gasteiger partial charge on any atom is -0.458 e. The Bertz CT molecular complexity index is 1130. The molecule has 144 valence electrons. The van der Waals surface area contributed by atoms with E-state index in [-0.39, 0.29) is 0 Å². The van der Waals surface area contributed by atoms with Crippen LogP contribution in [0.4, 0.5) is 0 Å². The topological polar surface area (TPSA) is 99.0 Å². The standard InChI is InChI=1S/C18H22N4O4S/c1-10-11-12(27-14(10)21-9-7-8-19-21)20-16(25)22(13(11)23)18(5,6)15(24)26-17(2,3)4/h7-9H,1-6H3,(H,20,25). The second-order valence-corrected chi connectivity index (χ2v) is 8.82. The zero-order valence-electron chi connectivity index (χ0n) is 16.1. The van der Waals surface area contributed by atoms with Crippen molar-refractivity contribution in [2.24, 2.45) is 0 Å². The first-order chi connectivity index (χ1) is 12.4. The number of nitrogens with one attached hydrogen (secondary N) is 1. The number of esters is 1. The molecule has 0 bridgehead atoms. The average molecular weight is 390 g/mol. The van der Waals surface area contributed by atoms with E-state index in [9.17, 15) is 14.4 Å². The highest BCUT2D eigenvalue weighted by atomic mass is 32.1. The van der Waals surface area contributed by atoms with E-state index in [1.54, 1.807) is 50.8 Å². The van der Waals surface area contributed by atoms with Crippen molar-refractivity contribution in [1.29, 1.82) is 0 Å². The molecule has 0 unspecified atom stereocenters. The Labute approximate surface area is 159 Å². The summed E-state index contributed by atoms with van der Waals surface area (Å²) in [5.41, 5.74) is -2.70. The van der Waals surface area contributed by atoms with Gasteiger partial charge in [0, 0.05) is 18.0 Å². The first-order valence-electron chi connectivity index (χ1n) is 8.46. The van der Waals surface area contributed by atoms with Crippen LogP contribution in [0.2, 0.25) is 0 Å². The van der Waals surface area contributed by atoms with Crippen LogP contribution in [0.15, 0.2) is 28.0 Å². The molecule has 0 aliphatic carbocycles. The van der Waals surface area contributed by atoms with Crippen molar-refractivity contribution < 1.29 is 9.53 Å². The SMILES string of the molecule is Cc1c(-n2cccn2)sc2[nH]c(=O)n(C(C)(C)C(=O)OC(C)(C)C)c(=O)c12. The third-order valence-corrected chi connectivity index (χ3v) is 5.33. The Kier molecular flexibility index (Phi) is 4.38. The maximum Gasteiger partial charge on any atom is 0.332 e. The number of nitrogens with zero attached hydrogens (tertiary/aromatic N) is 3. The maximum atomic E-state index is 13.2. The van der Waals surface area contributed by atoms with Gasteiger partial charge in [0.1, 0.15) is 21.0 Å². The Morgan fingerprint density at radius 1 is 1.22 bits per heavy atom. The lowest BCUT2D eigenvalue weighted by molar-refractivity contribution is -0.164. The van der Waals surface area contributed by atoms with E-state index in [4.69, 9.17) is 4.74 Å². The van der Waals surface area contributed by atoms with Gasteiger partial charge in [0.05, 0.1) is 5.39 Å². The summed E-state index contributed by atoms with van der Waals surface area (Å²) in [5.74, 6) is -0.651. The summed E-state index contributed by atoms with van der Waals surface area (Å²) in [6.07, 6.45) is 3.40. The molecule has 0 aliphatic heterocycles. The molecule has 3 aromatic heterocycles. The van der Waals surface area contributed by atoms with Gasteiger partial charge >= 0.3 is 11.7 Å². The summed E-state index contributed by atoms with van der Waals surface area (Å²) in [7, 11) is 0. The highest BCUT2D eigenvalue weighted by Crippen LogP contribution is 2.30. The number of rotatable bonds is 3. The quantitative estimate of drug-likeness (QED) is 0.692. The van der Waals surface area contributed by atoms with Gasteiger partial charge in [-0.15, -0.1) is 0 Å². The van der Waals surface area contributed by atoms with Crippen molar-refractivity contribution >= 4 is 27.5 Å². The first-order valence-corrected chi connectivity index (χ1v) is 9.27. The van der Waals surface area contributed by atoms with Crippen molar-refractivity contribution in [3.05, 3.63) is 44.9 Å². The second kappa shape index (κ2) is 6.19. The van der Waals surface area contributed by atoms with E-state index in [1.165, 1.54) is 25.2 Å². The molecule has 1 N–H and O–H groups in total. The van der Waals surface area contributed by atoms with Crippen LogP contribution in [0.1, 0.15) is 40.2 Å². The molecule has 0 saturated carbocycles. The van der Waals surface area contributed by atoms with E-state index >= 15 is 0 Å². The lowest BCUT2D eigenvalue weighted by atomic mass is 10.0. The fourth-order valence-electron chi connectivity index (χ4n) is 2.81. The summed E-state index contributed by atoms with van der Waals surface area (Å²) in [5, 5.41) is 5.28. The monoisotopic (exact) mass is 390 g/mol. The summed E-state index contributed by atoms with van der Waals surface area (Å²) >= 11 is 1.26. The third-order valence-electron chi connectivity index (χ3n) is 4.13. The molecule has 27 heavy (non-hydrogen) atoms. The molecule has 9 heteroatoms. The predicted octanol–water partition coefficient (Wildman–Crippen LogP) is 2.32. The predicted molar refractivity (Wildman–Crippen MR) is 104 cm³/mol. The van der Waals surface area contributed by atoms with Crippen molar-refractivity contribution in [1.82, 2.24) is 19.3 Å². The molecule has 3 heterocycles. The van der Waals surface area contributed by atoms with Crippen LogP contribution in [-0.4, -0.2) is 30.9 Å². The molecule has 0 atom stereocenters. The number of aryl methyl sites for hydroxylation is 1. The van der Waals surface area contributed by atoms with Gasteiger partial charge in [-0.1, -0.05) is 11.3 Å². The second-order valence-electron chi connectivity index (χ2n) is 7.82. The van der Waals surface area contributed by atoms with Gasteiger partial charge in [0.25, 0.3) is 5.56 Å². The Hall–Kier alpha value is -2.68. The number of hydrogen-bond donors (Lipinski definition) is 1. The number of carbonyl (C=O) groups is 1. The van der Waals surface area contributed by atoms with E-state index in [1.807, 2.05) is 0 Å². The van der Waals surface area contributed by atoms with Gasteiger partial charge in [0.15, 0.2) is 0 Å². The Morgan fingerprint density at radius 2 is 1.89 bits per heavy atom. The molecule has 0 amide bonds. The number of thiophene rings is 1. The van der Waals surface area contributed by atoms with Crippen molar-refractivity contribution in [2.75, 3.05) is 0 Å². The molecule has 0 aliphatic rings. The highest BCUT2D eigenvalue weighted by molar-refractivity contribution is 7.21. The van der Waals surface area contributed by atoms with Gasteiger partial charge in [0.2, 0.25) is 0 Å². The molecule has 8 nitrogen and oxygen atoms in total. The fraction of sp³-hybridized carbons (Fsp3) is 0.444. The van der Waals surface area contributed by atoms with E-state index < -0.39 is 28.4 Å². The number of aromatic nitrogens is 4. The molecule has 0 fully saturated rings. The van der Waals surface area contributed by atoms with Crippen LogP contribution < -0.4 is 11.2 Å². The smallest absolute Gasteiger partial charge is 0.332 e. The van der Waals surface area contributed by atoms with Gasteiger partial charge < -0.3 is 4.74 Å². The van der Waals surface area contributed by atoms with Gasteiger partial charge in [-0.05, 0) is 47.6 Å². The molecular weight excluding hydrogens is 368 g/mol.